The van der Waals surface area contributed by atoms with Gasteiger partial charge in [-0.2, -0.15) is 0 Å². The molecule has 2 aromatic carbocycles. The van der Waals surface area contributed by atoms with Crippen molar-refractivity contribution in [1.82, 2.24) is 0 Å². The molecule has 0 heterocycles. The molecule has 2 rings (SSSR count). The Labute approximate surface area is 137 Å². The molecule has 106 valence electrons. The topological polar surface area (TPSA) is 0 Å². The van der Waals surface area contributed by atoms with Crippen LogP contribution in [0.2, 0.25) is 0 Å². The van der Waals surface area contributed by atoms with Gasteiger partial charge in [-0.3, -0.25) is 0 Å². The molecule has 0 amide bonds. The van der Waals surface area contributed by atoms with E-state index in [0.717, 1.165) is 15.6 Å². The molecule has 0 nitrogen and oxygen atoms in total. The third-order valence-electron chi connectivity index (χ3n) is 3.38. The molecule has 0 saturated heterocycles. The van der Waals surface area contributed by atoms with Crippen molar-refractivity contribution in [3.8, 4) is 0 Å². The van der Waals surface area contributed by atoms with Gasteiger partial charge in [-0.05, 0) is 41.8 Å². The molecule has 20 heavy (non-hydrogen) atoms. The summed E-state index contributed by atoms with van der Waals surface area (Å²) in [6, 6.07) is 14.5. The molecule has 0 aliphatic carbocycles. The normalized spacial score (nSPS) is 11.6. The molecule has 0 aliphatic rings. The van der Waals surface area contributed by atoms with Gasteiger partial charge in [-0.1, -0.05) is 40.2 Å². The summed E-state index contributed by atoms with van der Waals surface area (Å²) in [7, 11) is 0. The van der Waals surface area contributed by atoms with Crippen LogP contribution in [0.25, 0.3) is 0 Å². The van der Waals surface area contributed by atoms with Crippen molar-refractivity contribution in [3.63, 3.8) is 0 Å². The zero-order chi connectivity index (χ0) is 14.6. The van der Waals surface area contributed by atoms with Crippen LogP contribution in [0.5, 0.6) is 0 Å². The van der Waals surface area contributed by atoms with Crippen molar-refractivity contribution >= 4 is 39.1 Å². The first-order chi connectivity index (χ1) is 9.59. The van der Waals surface area contributed by atoms with Crippen LogP contribution in [-0.2, 0) is 11.8 Å². The molecule has 2 aromatic rings. The fourth-order valence-corrected chi connectivity index (χ4v) is 3.43. The monoisotopic (exact) mass is 374 g/mol. The molecule has 0 bridgehead atoms. The molecule has 0 N–H and O–H groups in total. The average Bonchev–Trinajstić information content (AvgIpc) is 2.45. The lowest BCUT2D eigenvalue weighted by atomic mass is 9.79. The van der Waals surface area contributed by atoms with Crippen LogP contribution in [0.3, 0.4) is 0 Å². The van der Waals surface area contributed by atoms with Crippen LogP contribution in [0.15, 0.2) is 53.0 Å². The predicted molar refractivity (Wildman–Crippen MR) is 87.4 cm³/mol. The lowest BCUT2D eigenvalue weighted by Crippen LogP contribution is -2.33. The quantitative estimate of drug-likeness (QED) is 0.601. The number of hydrogen-bond donors (Lipinski definition) is 0. The first kappa shape index (κ1) is 15.8. The third kappa shape index (κ3) is 3.55. The van der Waals surface area contributed by atoms with Crippen LogP contribution < -0.4 is 0 Å². The van der Waals surface area contributed by atoms with Crippen molar-refractivity contribution in [3.05, 3.63) is 69.9 Å². The fourth-order valence-electron chi connectivity index (χ4n) is 2.24. The second-order valence-corrected chi connectivity index (χ2v) is 6.31. The summed E-state index contributed by atoms with van der Waals surface area (Å²) in [6.07, 6.45) is 0.605. The number of rotatable bonds is 5. The zero-order valence-corrected chi connectivity index (χ0v) is 13.8. The van der Waals surface area contributed by atoms with E-state index >= 15 is 0 Å². The summed E-state index contributed by atoms with van der Waals surface area (Å²) in [5.41, 5.74) is 1.55. The number of benzene rings is 2. The second kappa shape index (κ2) is 6.93. The summed E-state index contributed by atoms with van der Waals surface area (Å²) < 4.78 is 14.3. The van der Waals surface area contributed by atoms with Crippen LogP contribution in [0, 0.1) is 5.82 Å². The standard InChI is InChI=1S/C16H14BrCl2F/c17-14-5-2-4-13(8-14)16(10-18,11-19)9-12-3-1-6-15(20)7-12/h1-8H,9-11H2. The second-order valence-electron chi connectivity index (χ2n) is 4.86. The largest absolute Gasteiger partial charge is 0.207 e. The minimum atomic E-state index is -0.402. The number of hydrogen-bond acceptors (Lipinski definition) is 0. The minimum Gasteiger partial charge on any atom is -0.207 e. The summed E-state index contributed by atoms with van der Waals surface area (Å²) in [6.45, 7) is 0. The van der Waals surface area contributed by atoms with Crippen LogP contribution >= 0.6 is 39.1 Å². The summed E-state index contributed by atoms with van der Waals surface area (Å²) in [5, 5.41) is 0. The van der Waals surface area contributed by atoms with Gasteiger partial charge >= 0.3 is 0 Å². The van der Waals surface area contributed by atoms with Crippen molar-refractivity contribution in [1.29, 1.82) is 0 Å². The van der Waals surface area contributed by atoms with Crippen LogP contribution in [-0.4, -0.2) is 11.8 Å². The van der Waals surface area contributed by atoms with Gasteiger partial charge in [0, 0.05) is 21.6 Å². The van der Waals surface area contributed by atoms with E-state index in [9.17, 15) is 4.39 Å². The van der Waals surface area contributed by atoms with Crippen LogP contribution in [0.4, 0.5) is 4.39 Å². The van der Waals surface area contributed by atoms with E-state index < -0.39 is 5.41 Å². The van der Waals surface area contributed by atoms with E-state index in [2.05, 4.69) is 15.9 Å². The Kier molecular flexibility index (Phi) is 5.48. The number of halogens is 4. The Balaban J connectivity index is 2.39. The third-order valence-corrected chi connectivity index (χ3v) is 4.90. The average molecular weight is 376 g/mol. The molecule has 0 unspecified atom stereocenters. The van der Waals surface area contributed by atoms with Crippen molar-refractivity contribution in [2.24, 2.45) is 0 Å². The van der Waals surface area contributed by atoms with E-state index in [4.69, 9.17) is 23.2 Å². The van der Waals surface area contributed by atoms with E-state index in [-0.39, 0.29) is 5.82 Å². The van der Waals surface area contributed by atoms with Gasteiger partial charge in [-0.25, -0.2) is 4.39 Å². The Morgan fingerprint density at radius 1 is 1.00 bits per heavy atom. The smallest absolute Gasteiger partial charge is 0.123 e. The van der Waals surface area contributed by atoms with Gasteiger partial charge in [0.1, 0.15) is 5.82 Å². The molecule has 0 radical (unpaired) electrons. The van der Waals surface area contributed by atoms with E-state index in [0.29, 0.717) is 18.2 Å². The van der Waals surface area contributed by atoms with Gasteiger partial charge in [0.2, 0.25) is 0 Å². The maximum atomic E-state index is 13.3. The molecule has 0 aromatic heterocycles. The van der Waals surface area contributed by atoms with Gasteiger partial charge < -0.3 is 0 Å². The summed E-state index contributed by atoms with van der Waals surface area (Å²) in [5.74, 6) is 0.516. The summed E-state index contributed by atoms with van der Waals surface area (Å²) in [4.78, 5) is 0. The Hall–Kier alpha value is -0.570. The molecule has 0 saturated carbocycles. The summed E-state index contributed by atoms with van der Waals surface area (Å²) >= 11 is 15.9. The minimum absolute atomic E-state index is 0.241. The van der Waals surface area contributed by atoms with Gasteiger partial charge in [0.15, 0.2) is 0 Å². The highest BCUT2D eigenvalue weighted by Gasteiger charge is 2.31. The van der Waals surface area contributed by atoms with Crippen molar-refractivity contribution in [2.75, 3.05) is 11.8 Å². The van der Waals surface area contributed by atoms with Crippen LogP contribution in [0.1, 0.15) is 11.1 Å². The van der Waals surface area contributed by atoms with Crippen molar-refractivity contribution < 1.29 is 4.39 Å². The lowest BCUT2D eigenvalue weighted by Gasteiger charge is -2.30. The highest BCUT2D eigenvalue weighted by molar-refractivity contribution is 9.10. The Morgan fingerprint density at radius 2 is 1.70 bits per heavy atom. The maximum Gasteiger partial charge on any atom is 0.123 e. The van der Waals surface area contributed by atoms with E-state index in [1.165, 1.54) is 12.1 Å². The predicted octanol–water partition coefficient (Wildman–Crippen LogP) is 5.55. The fraction of sp³-hybridized carbons (Fsp3) is 0.250. The molecule has 0 spiro atoms. The highest BCUT2D eigenvalue weighted by Crippen LogP contribution is 2.33. The molecule has 0 fully saturated rings. The lowest BCUT2D eigenvalue weighted by molar-refractivity contribution is 0.532. The Morgan fingerprint density at radius 3 is 2.30 bits per heavy atom. The molecule has 4 heteroatoms. The maximum absolute atomic E-state index is 13.3. The first-order valence-electron chi connectivity index (χ1n) is 6.22. The molecular weight excluding hydrogens is 362 g/mol. The highest BCUT2D eigenvalue weighted by atomic mass is 79.9. The molecular formula is C16H14BrCl2F. The van der Waals surface area contributed by atoms with Gasteiger partial charge in [0.25, 0.3) is 0 Å². The van der Waals surface area contributed by atoms with Crippen molar-refractivity contribution in [2.45, 2.75) is 11.8 Å². The van der Waals surface area contributed by atoms with Gasteiger partial charge in [0.05, 0.1) is 0 Å². The first-order valence-corrected chi connectivity index (χ1v) is 8.08. The SMILES string of the molecule is Fc1cccc(CC(CCl)(CCl)c2cccc(Br)c2)c1. The Bertz CT molecular complexity index is 582. The van der Waals surface area contributed by atoms with Gasteiger partial charge in [-0.15, -0.1) is 23.2 Å². The number of alkyl halides is 2. The van der Waals surface area contributed by atoms with E-state index in [1.807, 2.05) is 30.3 Å². The zero-order valence-electron chi connectivity index (χ0n) is 10.8. The molecule has 0 aliphatic heterocycles. The molecule has 0 atom stereocenters. The van der Waals surface area contributed by atoms with E-state index in [1.54, 1.807) is 6.07 Å².